The monoisotopic (exact) mass is 309 g/mol. The number of rotatable bonds is 7. The van der Waals surface area contributed by atoms with Crippen LogP contribution in [0.3, 0.4) is 0 Å². The van der Waals surface area contributed by atoms with E-state index in [0.717, 1.165) is 11.1 Å². The molecule has 1 rings (SSSR count). The van der Waals surface area contributed by atoms with Gasteiger partial charge in [0, 0.05) is 26.8 Å². The number of methoxy groups -OCH3 is 1. The van der Waals surface area contributed by atoms with Crippen LogP contribution < -0.4 is 0 Å². The number of aliphatic hydroxyl groups is 1. The quantitative estimate of drug-likeness (QED) is 0.841. The third-order valence-corrected chi connectivity index (χ3v) is 3.01. The van der Waals surface area contributed by atoms with Gasteiger partial charge < -0.3 is 19.5 Å². The van der Waals surface area contributed by atoms with E-state index in [4.69, 9.17) is 14.6 Å². The molecule has 1 amide bonds. The molecule has 0 aliphatic heterocycles. The lowest BCUT2D eigenvalue weighted by Gasteiger charge is -2.27. The molecule has 0 unspecified atom stereocenters. The second-order valence-corrected chi connectivity index (χ2v) is 6.18. The van der Waals surface area contributed by atoms with Crippen molar-refractivity contribution in [3.8, 4) is 0 Å². The Balaban J connectivity index is 2.73. The van der Waals surface area contributed by atoms with Crippen molar-refractivity contribution in [1.29, 1.82) is 0 Å². The minimum absolute atomic E-state index is 0.136. The van der Waals surface area contributed by atoms with E-state index in [2.05, 4.69) is 0 Å². The van der Waals surface area contributed by atoms with Crippen LogP contribution in [0.4, 0.5) is 4.79 Å². The normalized spacial score (nSPS) is 11.3. The first kappa shape index (κ1) is 18.5. The summed E-state index contributed by atoms with van der Waals surface area (Å²) in [5.41, 5.74) is 1.57. The Morgan fingerprint density at radius 3 is 2.27 bits per heavy atom. The Labute approximate surface area is 132 Å². The average Bonchev–Trinajstić information content (AvgIpc) is 2.43. The Hall–Kier alpha value is -1.59. The van der Waals surface area contributed by atoms with E-state index in [1.807, 2.05) is 45.0 Å². The molecule has 0 saturated carbocycles. The SMILES string of the molecule is COCCN(Cc1ccc(CCO)cc1)C(=O)OC(C)(C)C. The molecular formula is C17H27NO4. The lowest BCUT2D eigenvalue weighted by Crippen LogP contribution is -2.38. The zero-order chi connectivity index (χ0) is 16.6. The van der Waals surface area contributed by atoms with Crippen LogP contribution in [-0.4, -0.2) is 48.6 Å². The number of carbonyl (C=O) groups excluding carboxylic acids is 1. The molecule has 22 heavy (non-hydrogen) atoms. The number of ether oxygens (including phenoxy) is 2. The van der Waals surface area contributed by atoms with Gasteiger partial charge in [-0.1, -0.05) is 24.3 Å². The molecule has 0 spiro atoms. The van der Waals surface area contributed by atoms with Crippen LogP contribution in [0.5, 0.6) is 0 Å². The molecule has 0 aromatic heterocycles. The largest absolute Gasteiger partial charge is 0.444 e. The van der Waals surface area contributed by atoms with E-state index < -0.39 is 5.60 Å². The highest BCUT2D eigenvalue weighted by atomic mass is 16.6. The fourth-order valence-corrected chi connectivity index (χ4v) is 1.92. The summed E-state index contributed by atoms with van der Waals surface area (Å²) in [4.78, 5) is 13.9. The van der Waals surface area contributed by atoms with Crippen molar-refractivity contribution in [3.63, 3.8) is 0 Å². The number of benzene rings is 1. The summed E-state index contributed by atoms with van der Waals surface area (Å²) in [5.74, 6) is 0. The second-order valence-electron chi connectivity index (χ2n) is 6.18. The lowest BCUT2D eigenvalue weighted by atomic mass is 10.1. The molecule has 5 nitrogen and oxygen atoms in total. The van der Waals surface area contributed by atoms with E-state index in [1.165, 1.54) is 0 Å². The molecule has 1 N–H and O–H groups in total. The number of nitrogens with zero attached hydrogens (tertiary/aromatic N) is 1. The van der Waals surface area contributed by atoms with Crippen molar-refractivity contribution < 1.29 is 19.4 Å². The van der Waals surface area contributed by atoms with Gasteiger partial charge in [0.05, 0.1) is 6.61 Å². The predicted molar refractivity (Wildman–Crippen MR) is 85.8 cm³/mol. The van der Waals surface area contributed by atoms with Gasteiger partial charge in [0.15, 0.2) is 0 Å². The van der Waals surface area contributed by atoms with Gasteiger partial charge >= 0.3 is 6.09 Å². The van der Waals surface area contributed by atoms with Gasteiger partial charge in [-0.15, -0.1) is 0 Å². The molecule has 0 heterocycles. The van der Waals surface area contributed by atoms with Crippen molar-refractivity contribution >= 4 is 6.09 Å². The molecule has 1 aromatic carbocycles. The molecule has 5 heteroatoms. The van der Waals surface area contributed by atoms with Crippen molar-refractivity contribution in [2.45, 2.75) is 39.3 Å². The topological polar surface area (TPSA) is 59.0 Å². The van der Waals surface area contributed by atoms with Crippen LogP contribution in [0.15, 0.2) is 24.3 Å². The highest BCUT2D eigenvalue weighted by Crippen LogP contribution is 2.13. The molecule has 0 bridgehead atoms. The fraction of sp³-hybridized carbons (Fsp3) is 0.588. The van der Waals surface area contributed by atoms with Gasteiger partial charge in [0.25, 0.3) is 0 Å². The summed E-state index contributed by atoms with van der Waals surface area (Å²) in [6.07, 6.45) is 0.295. The third kappa shape index (κ3) is 6.91. The number of carbonyl (C=O) groups is 1. The van der Waals surface area contributed by atoms with Crippen molar-refractivity contribution in [2.75, 3.05) is 26.9 Å². The summed E-state index contributed by atoms with van der Waals surface area (Å²) < 4.78 is 10.5. The molecule has 0 radical (unpaired) electrons. The lowest BCUT2D eigenvalue weighted by molar-refractivity contribution is 0.0184. The Bertz CT molecular complexity index is 451. The van der Waals surface area contributed by atoms with Crippen molar-refractivity contribution in [1.82, 2.24) is 4.90 Å². The van der Waals surface area contributed by atoms with Crippen LogP contribution in [0, 0.1) is 0 Å². The number of aliphatic hydroxyl groups excluding tert-OH is 1. The van der Waals surface area contributed by atoms with Crippen LogP contribution in [0.1, 0.15) is 31.9 Å². The minimum atomic E-state index is -0.520. The van der Waals surface area contributed by atoms with Crippen molar-refractivity contribution in [2.24, 2.45) is 0 Å². The van der Waals surface area contributed by atoms with Gasteiger partial charge in [-0.2, -0.15) is 0 Å². The predicted octanol–water partition coefficient (Wildman–Crippen LogP) is 2.60. The summed E-state index contributed by atoms with van der Waals surface area (Å²) in [6, 6.07) is 7.87. The van der Waals surface area contributed by atoms with E-state index >= 15 is 0 Å². The molecular weight excluding hydrogens is 282 g/mol. The van der Waals surface area contributed by atoms with Gasteiger partial charge in [0.2, 0.25) is 0 Å². The summed E-state index contributed by atoms with van der Waals surface area (Å²) in [5, 5.41) is 8.93. The van der Waals surface area contributed by atoms with Gasteiger partial charge in [-0.25, -0.2) is 4.79 Å². The smallest absolute Gasteiger partial charge is 0.410 e. The maximum Gasteiger partial charge on any atom is 0.410 e. The summed E-state index contributed by atoms with van der Waals surface area (Å²) >= 11 is 0. The van der Waals surface area contributed by atoms with E-state index in [0.29, 0.717) is 26.1 Å². The van der Waals surface area contributed by atoms with Gasteiger partial charge in [-0.05, 0) is 38.3 Å². The zero-order valence-electron chi connectivity index (χ0n) is 14.0. The minimum Gasteiger partial charge on any atom is -0.444 e. The van der Waals surface area contributed by atoms with E-state index in [1.54, 1.807) is 12.0 Å². The Morgan fingerprint density at radius 2 is 1.77 bits per heavy atom. The number of hydrogen-bond acceptors (Lipinski definition) is 4. The third-order valence-electron chi connectivity index (χ3n) is 3.01. The standard InChI is InChI=1S/C17H27NO4/c1-17(2,3)22-16(20)18(10-12-21-4)13-15-7-5-14(6-8-15)9-11-19/h5-8,19H,9-13H2,1-4H3. The molecule has 124 valence electrons. The first-order valence-corrected chi connectivity index (χ1v) is 7.51. The molecule has 0 fully saturated rings. The number of amides is 1. The fourth-order valence-electron chi connectivity index (χ4n) is 1.92. The summed E-state index contributed by atoms with van der Waals surface area (Å²) in [7, 11) is 1.61. The molecule has 0 saturated heterocycles. The van der Waals surface area contributed by atoms with Crippen LogP contribution in [0.2, 0.25) is 0 Å². The van der Waals surface area contributed by atoms with Gasteiger partial charge in [0.1, 0.15) is 5.60 Å². The molecule has 0 aliphatic rings. The first-order chi connectivity index (χ1) is 10.4. The Morgan fingerprint density at radius 1 is 1.18 bits per heavy atom. The van der Waals surface area contributed by atoms with Gasteiger partial charge in [-0.3, -0.25) is 0 Å². The summed E-state index contributed by atoms with van der Waals surface area (Å²) in [6.45, 7) is 7.09. The van der Waals surface area contributed by atoms with Crippen molar-refractivity contribution in [3.05, 3.63) is 35.4 Å². The molecule has 0 aliphatic carbocycles. The number of hydrogen-bond donors (Lipinski definition) is 1. The maximum atomic E-state index is 12.3. The van der Waals surface area contributed by atoms with Crippen LogP contribution in [-0.2, 0) is 22.4 Å². The van der Waals surface area contributed by atoms with E-state index in [-0.39, 0.29) is 12.7 Å². The first-order valence-electron chi connectivity index (χ1n) is 7.51. The van der Waals surface area contributed by atoms with Crippen LogP contribution in [0.25, 0.3) is 0 Å². The van der Waals surface area contributed by atoms with Crippen LogP contribution >= 0.6 is 0 Å². The molecule has 1 aromatic rings. The highest BCUT2D eigenvalue weighted by Gasteiger charge is 2.22. The molecule has 0 atom stereocenters. The Kier molecular flexibility index (Phi) is 7.35. The second kappa shape index (κ2) is 8.76. The highest BCUT2D eigenvalue weighted by molar-refractivity contribution is 5.68. The maximum absolute atomic E-state index is 12.3. The van der Waals surface area contributed by atoms with E-state index in [9.17, 15) is 4.79 Å². The zero-order valence-corrected chi connectivity index (χ0v) is 14.0. The average molecular weight is 309 g/mol.